The van der Waals surface area contributed by atoms with E-state index < -0.39 is 47.4 Å². The minimum absolute atomic E-state index is 0.164. The number of nitrogens with one attached hydrogen (secondary N) is 6. The van der Waals surface area contributed by atoms with Crippen LogP contribution >= 0.6 is 0 Å². The minimum Gasteiger partial charge on any atom is -0.550 e. The standard InChI is InChI=1S/C48H42N12O6.2C16H36N.2C3H6O.2C2H4O2/c61-43(31-1-13-49-14-2-31)55-25-37-38(26-56-44(62)32-3-15-50-16-4-32)40(28-58-46(64)34-7-19-52-20-8-34)42(30-60-48(66)36-11-23-54-24-12-36)41(29-59-47(65)35-9-21-53-22-10-35)39(37)27-57-45(63)33-5-17-51-18-6-33;2*1-5-9-13-17(14-10-6-2,15-11-7-3)16-12-8-4;2*1-3(2)4;2*1-2(3)4/h1-24H,25-30H2,(H,55,61)(H,56,62)(H,57,63)(H,58,64)(H,59,65)(H,60,66);2*5-16H2,1-4H3;2*1-2H3;2*1H3,(H,3,4)/q;2*+1;;;;/p-2. The second-order valence-corrected chi connectivity index (χ2v) is 28.5. The molecule has 1 aromatic carbocycles. The maximum absolute atomic E-state index is 13.8. The molecule has 0 saturated carbocycles. The van der Waals surface area contributed by atoms with Crippen molar-refractivity contribution in [3.63, 3.8) is 0 Å². The first-order valence-corrected chi connectivity index (χ1v) is 40.9. The molecule has 6 amide bonds. The summed E-state index contributed by atoms with van der Waals surface area (Å²) in [6.07, 6.45) is 39.9. The molecule has 634 valence electrons. The molecule has 26 nitrogen and oxygen atoms in total. The Balaban J connectivity index is 0.00000108. The van der Waals surface area contributed by atoms with E-state index in [2.05, 4.69) is 117 Å². The van der Waals surface area contributed by atoms with Gasteiger partial charge in [0.2, 0.25) is 0 Å². The molecule has 0 saturated heterocycles. The van der Waals surface area contributed by atoms with Crippen LogP contribution in [0.4, 0.5) is 0 Å². The quantitative estimate of drug-likeness (QED) is 0.0194. The number of hydrogen-bond donors (Lipinski definition) is 6. The van der Waals surface area contributed by atoms with Crippen molar-refractivity contribution in [2.45, 2.75) is 239 Å². The van der Waals surface area contributed by atoms with Crippen LogP contribution < -0.4 is 42.1 Å². The molecule has 0 aliphatic rings. The molecular weight excluding hydrogens is 1470 g/mol. The number of ketones is 2. The average molecular weight is 1600 g/mol. The first-order chi connectivity index (χ1) is 55.7. The molecule has 0 bridgehead atoms. The summed E-state index contributed by atoms with van der Waals surface area (Å²) in [6, 6.07) is 18.6. The third-order valence-corrected chi connectivity index (χ3v) is 18.3. The van der Waals surface area contributed by atoms with Gasteiger partial charge in [-0.15, -0.1) is 0 Å². The number of nitrogens with zero attached hydrogens (tertiary/aromatic N) is 8. The van der Waals surface area contributed by atoms with Gasteiger partial charge >= 0.3 is 0 Å². The molecule has 6 heterocycles. The Labute approximate surface area is 689 Å². The summed E-state index contributed by atoms with van der Waals surface area (Å²) >= 11 is 0. The molecule has 0 radical (unpaired) electrons. The lowest BCUT2D eigenvalue weighted by molar-refractivity contribution is -0.929. The third kappa shape index (κ3) is 44.7. The maximum atomic E-state index is 13.8. The topological polar surface area (TPSA) is 366 Å². The summed E-state index contributed by atoms with van der Waals surface area (Å²) in [5, 5.41) is 35.7. The number of hydrogen-bond acceptors (Lipinski definition) is 18. The highest BCUT2D eigenvalue weighted by atomic mass is 16.4. The molecule has 116 heavy (non-hydrogen) atoms. The number of aromatic nitrogens is 6. The minimum atomic E-state index is -1.08. The van der Waals surface area contributed by atoms with Crippen LogP contribution in [0.2, 0.25) is 0 Å². The number of carboxylic acid groups (broad SMARTS) is 2. The molecule has 0 fully saturated rings. The van der Waals surface area contributed by atoms with E-state index in [4.69, 9.17) is 19.8 Å². The number of benzene rings is 1. The zero-order valence-electron chi connectivity index (χ0n) is 71.5. The van der Waals surface area contributed by atoms with Crippen LogP contribution in [-0.4, -0.2) is 150 Å². The highest BCUT2D eigenvalue weighted by Crippen LogP contribution is 2.32. The van der Waals surface area contributed by atoms with Crippen LogP contribution in [0.1, 0.15) is 295 Å². The lowest BCUT2D eigenvalue weighted by atomic mass is 9.85. The predicted octanol–water partition coefficient (Wildman–Crippen LogP) is 12.3. The van der Waals surface area contributed by atoms with Crippen LogP contribution in [0, 0.1) is 0 Å². The fourth-order valence-electron chi connectivity index (χ4n) is 12.3. The highest BCUT2D eigenvalue weighted by molar-refractivity contribution is 5.97. The van der Waals surface area contributed by atoms with Gasteiger partial charge in [-0.05, 0) is 199 Å². The van der Waals surface area contributed by atoms with Gasteiger partial charge in [-0.1, -0.05) is 107 Å². The van der Waals surface area contributed by atoms with Crippen molar-refractivity contribution >= 4 is 58.9 Å². The van der Waals surface area contributed by atoms with Crippen LogP contribution in [0.25, 0.3) is 0 Å². The number of carboxylic acids is 2. The Bertz CT molecular complexity index is 3240. The van der Waals surface area contributed by atoms with Gasteiger partial charge < -0.3 is 70.3 Å². The zero-order valence-corrected chi connectivity index (χ0v) is 71.5. The van der Waals surface area contributed by atoms with Crippen LogP contribution in [-0.2, 0) is 58.4 Å². The van der Waals surface area contributed by atoms with E-state index in [9.17, 15) is 38.4 Å². The van der Waals surface area contributed by atoms with Crippen molar-refractivity contribution in [3.05, 3.63) is 214 Å². The lowest BCUT2D eigenvalue weighted by Gasteiger charge is -2.39. The SMILES string of the molecule is CC(=O)[O-].CC(=O)[O-].CC(C)=O.CC(C)=O.CCCC[N+](CCCC)(CCCC)CCCC.CCCC[N+](CCCC)(CCCC)CCCC.O=C(NCc1c(CNC(=O)c2ccncc2)c(CNC(=O)c2ccncc2)c(CNC(=O)c2ccncc2)c(CNC(=O)c2ccncc2)c1CNC(=O)c1ccncc1)c1ccncc1. The number of unbranched alkanes of at least 4 members (excludes halogenated alkanes) is 8. The summed E-state index contributed by atoms with van der Waals surface area (Å²) in [5.74, 6) is -4.56. The Hall–Kier alpha value is -10.9. The number of Topliss-reactive ketones (excluding diaryl/α,β-unsaturated/α-hetero) is 2. The first-order valence-electron chi connectivity index (χ1n) is 40.9. The lowest BCUT2D eigenvalue weighted by Crippen LogP contribution is -2.50. The molecule has 7 aromatic rings. The first kappa shape index (κ1) is 103. The van der Waals surface area contributed by atoms with E-state index in [1.807, 2.05) is 0 Å². The second-order valence-electron chi connectivity index (χ2n) is 28.5. The predicted molar refractivity (Wildman–Crippen MR) is 452 cm³/mol. The number of carbonyl (C=O) groups is 10. The van der Waals surface area contributed by atoms with Crippen molar-refractivity contribution in [1.29, 1.82) is 0 Å². The van der Waals surface area contributed by atoms with Crippen molar-refractivity contribution in [2.24, 2.45) is 0 Å². The number of quaternary nitrogens is 2. The van der Waals surface area contributed by atoms with Crippen molar-refractivity contribution in [3.8, 4) is 0 Å². The van der Waals surface area contributed by atoms with Gasteiger partial charge in [0, 0.05) is 159 Å². The Kier molecular flexibility index (Phi) is 55.6. The molecule has 6 N–H and O–H groups in total. The molecule has 0 unspecified atom stereocenters. The van der Waals surface area contributed by atoms with Crippen LogP contribution in [0.3, 0.4) is 0 Å². The molecule has 7 rings (SSSR count). The molecule has 6 aromatic heterocycles. The van der Waals surface area contributed by atoms with Gasteiger partial charge in [-0.2, -0.15) is 0 Å². The maximum Gasteiger partial charge on any atom is 0.251 e. The fraction of sp³-hybridized carbons (Fsp3) is 0.489. The number of pyridine rings is 6. The summed E-state index contributed by atoms with van der Waals surface area (Å²) in [4.78, 5) is 143. The highest BCUT2D eigenvalue weighted by Gasteiger charge is 2.29. The number of aliphatic carboxylic acids is 2. The van der Waals surface area contributed by atoms with E-state index in [0.29, 0.717) is 66.8 Å². The van der Waals surface area contributed by atoms with Gasteiger partial charge in [-0.25, -0.2) is 0 Å². The van der Waals surface area contributed by atoms with Gasteiger partial charge in [-0.3, -0.25) is 58.7 Å². The molecule has 0 spiro atoms. The van der Waals surface area contributed by atoms with Crippen molar-refractivity contribution in [1.82, 2.24) is 61.8 Å². The molecule has 0 aliphatic heterocycles. The normalized spacial score (nSPS) is 10.4. The van der Waals surface area contributed by atoms with Gasteiger partial charge in [0.1, 0.15) is 11.6 Å². The van der Waals surface area contributed by atoms with Crippen LogP contribution in [0.15, 0.2) is 147 Å². The molecule has 0 atom stereocenters. The summed E-state index contributed by atoms with van der Waals surface area (Å²) in [5.41, 5.74) is 4.60. The smallest absolute Gasteiger partial charge is 0.251 e. The molecule has 0 aliphatic carbocycles. The summed E-state index contributed by atoms with van der Waals surface area (Å²) in [6.45, 7) is 37.1. The van der Waals surface area contributed by atoms with E-state index in [0.717, 1.165) is 13.8 Å². The van der Waals surface area contributed by atoms with E-state index in [1.54, 1.807) is 72.8 Å². The van der Waals surface area contributed by atoms with Crippen molar-refractivity contribution in [2.75, 3.05) is 52.4 Å². The number of amides is 6. The fourth-order valence-corrected chi connectivity index (χ4v) is 12.3. The Morgan fingerprint density at radius 2 is 0.345 bits per heavy atom. The van der Waals surface area contributed by atoms with E-state index in [-0.39, 0.29) is 50.8 Å². The Morgan fingerprint density at radius 1 is 0.241 bits per heavy atom. The largest absolute Gasteiger partial charge is 0.550 e. The monoisotopic (exact) mass is 1600 g/mol. The van der Waals surface area contributed by atoms with E-state index >= 15 is 0 Å². The third-order valence-electron chi connectivity index (χ3n) is 18.3. The van der Waals surface area contributed by atoms with Gasteiger partial charge in [0.25, 0.3) is 35.4 Å². The number of carbonyl (C=O) groups excluding carboxylic acids is 10. The van der Waals surface area contributed by atoms with E-state index in [1.165, 1.54) is 266 Å². The summed E-state index contributed by atoms with van der Waals surface area (Å²) in [7, 11) is 0. The van der Waals surface area contributed by atoms with Crippen LogP contribution in [0.5, 0.6) is 0 Å². The average Bonchev–Trinajstić information content (AvgIpc) is 0.761. The summed E-state index contributed by atoms with van der Waals surface area (Å²) < 4.78 is 2.84. The Morgan fingerprint density at radius 3 is 0.440 bits per heavy atom. The van der Waals surface area contributed by atoms with Gasteiger partial charge in [0.15, 0.2) is 0 Å². The van der Waals surface area contributed by atoms with Crippen molar-refractivity contribution < 1.29 is 67.1 Å². The molecule has 26 heteroatoms. The zero-order chi connectivity index (χ0) is 86.4. The second kappa shape index (κ2) is 62.5. The van der Waals surface area contributed by atoms with Gasteiger partial charge in [0.05, 0.1) is 52.4 Å². The molecular formula is C90H132N14O12. The number of rotatable bonds is 42.